The number of hydrogen-bond acceptors (Lipinski definition) is 4. The van der Waals surface area contributed by atoms with Crippen molar-refractivity contribution in [1.29, 1.82) is 0 Å². The van der Waals surface area contributed by atoms with E-state index in [1.165, 1.54) is 10.6 Å². The lowest BCUT2D eigenvalue weighted by Gasteiger charge is -2.07. The number of carbonyl (C=O) groups excluding carboxylic acids is 1. The summed E-state index contributed by atoms with van der Waals surface area (Å²) in [5, 5.41) is 5.99. The molecule has 0 fully saturated rings. The number of hydrogen-bond donors (Lipinski definition) is 2. The molecule has 4 aromatic rings. The largest absolute Gasteiger partial charge is 0.352 e. The zero-order valence-corrected chi connectivity index (χ0v) is 15.2. The van der Waals surface area contributed by atoms with Gasteiger partial charge >= 0.3 is 0 Å². The Morgan fingerprint density at radius 2 is 2.04 bits per heavy atom. The minimum Gasteiger partial charge on any atom is -0.352 e. The SMILES string of the molecule is Cc1nc2c3c(F)cccc3[nH]n2c(=O)c1CCC(=O)NCc1ccncc1. The van der Waals surface area contributed by atoms with E-state index in [1.54, 1.807) is 31.5 Å². The van der Waals surface area contributed by atoms with Crippen LogP contribution in [0.15, 0.2) is 47.5 Å². The van der Waals surface area contributed by atoms with Crippen LogP contribution in [0.25, 0.3) is 16.6 Å². The normalized spacial score (nSPS) is 11.2. The number of aryl methyl sites for hydroxylation is 1. The highest BCUT2D eigenvalue weighted by Gasteiger charge is 2.16. The fourth-order valence-corrected chi connectivity index (χ4v) is 3.21. The number of rotatable bonds is 5. The highest BCUT2D eigenvalue weighted by Crippen LogP contribution is 2.21. The van der Waals surface area contributed by atoms with Gasteiger partial charge in [-0.2, -0.15) is 0 Å². The van der Waals surface area contributed by atoms with Crippen LogP contribution in [0.5, 0.6) is 0 Å². The molecular weight excluding hydrogens is 361 g/mol. The third-order valence-electron chi connectivity index (χ3n) is 4.69. The lowest BCUT2D eigenvalue weighted by atomic mass is 10.1. The fraction of sp³-hybridized carbons (Fsp3) is 0.200. The Morgan fingerprint density at radius 3 is 2.82 bits per heavy atom. The minimum absolute atomic E-state index is 0.156. The van der Waals surface area contributed by atoms with Crippen LogP contribution in [0.2, 0.25) is 0 Å². The first-order valence-electron chi connectivity index (χ1n) is 8.88. The van der Waals surface area contributed by atoms with E-state index in [0.29, 0.717) is 23.3 Å². The van der Waals surface area contributed by atoms with E-state index in [1.807, 2.05) is 12.1 Å². The summed E-state index contributed by atoms with van der Waals surface area (Å²) in [5.74, 6) is -0.603. The van der Waals surface area contributed by atoms with Crippen molar-refractivity contribution < 1.29 is 9.18 Å². The van der Waals surface area contributed by atoms with Crippen LogP contribution in [0.3, 0.4) is 0 Å². The Hall–Kier alpha value is -3.55. The molecule has 0 bridgehead atoms. The van der Waals surface area contributed by atoms with Crippen molar-refractivity contribution in [3.05, 3.63) is 75.7 Å². The maximum atomic E-state index is 14.2. The molecule has 0 saturated carbocycles. The van der Waals surface area contributed by atoms with Crippen LogP contribution in [0.4, 0.5) is 4.39 Å². The fourth-order valence-electron chi connectivity index (χ4n) is 3.21. The first kappa shape index (κ1) is 17.8. The average molecular weight is 379 g/mol. The second kappa shape index (κ2) is 7.22. The zero-order chi connectivity index (χ0) is 19.7. The van der Waals surface area contributed by atoms with E-state index in [9.17, 15) is 14.0 Å². The minimum atomic E-state index is -0.439. The summed E-state index contributed by atoms with van der Waals surface area (Å²) in [6.07, 6.45) is 3.73. The van der Waals surface area contributed by atoms with Gasteiger partial charge in [-0.3, -0.25) is 19.7 Å². The van der Waals surface area contributed by atoms with Crippen molar-refractivity contribution in [2.45, 2.75) is 26.3 Å². The number of benzene rings is 1. The molecule has 8 heteroatoms. The van der Waals surface area contributed by atoms with Gasteiger partial charge in [0, 0.05) is 36.6 Å². The number of carbonyl (C=O) groups is 1. The molecule has 7 nitrogen and oxygen atoms in total. The lowest BCUT2D eigenvalue weighted by molar-refractivity contribution is -0.121. The molecule has 0 aliphatic rings. The van der Waals surface area contributed by atoms with E-state index in [0.717, 1.165) is 5.56 Å². The second-order valence-electron chi connectivity index (χ2n) is 6.55. The van der Waals surface area contributed by atoms with Gasteiger partial charge in [0.05, 0.1) is 10.9 Å². The Bertz CT molecular complexity index is 1230. The van der Waals surface area contributed by atoms with E-state index < -0.39 is 5.82 Å². The van der Waals surface area contributed by atoms with Crippen LogP contribution < -0.4 is 10.9 Å². The van der Waals surface area contributed by atoms with Crippen LogP contribution in [0.1, 0.15) is 23.2 Å². The van der Waals surface area contributed by atoms with Crippen LogP contribution in [-0.2, 0) is 17.8 Å². The Morgan fingerprint density at radius 1 is 1.25 bits per heavy atom. The molecule has 0 spiro atoms. The molecule has 0 aliphatic carbocycles. The molecule has 1 aromatic carbocycles. The first-order valence-corrected chi connectivity index (χ1v) is 8.88. The van der Waals surface area contributed by atoms with Gasteiger partial charge in [-0.25, -0.2) is 13.9 Å². The molecular formula is C20H18FN5O2. The topological polar surface area (TPSA) is 92.2 Å². The number of pyridine rings is 1. The second-order valence-corrected chi connectivity index (χ2v) is 6.55. The Balaban J connectivity index is 1.55. The standard InChI is InChI=1S/C20H18FN5O2/c1-12-14(5-6-17(27)23-11-13-7-9-22-10-8-13)20(28)26-19(24-12)18-15(21)3-2-4-16(18)25-26/h2-4,7-10,25H,5-6,11H2,1H3,(H,23,27). The highest BCUT2D eigenvalue weighted by molar-refractivity contribution is 5.92. The van der Waals surface area contributed by atoms with Gasteiger partial charge in [0.2, 0.25) is 5.91 Å². The van der Waals surface area contributed by atoms with E-state index in [4.69, 9.17) is 0 Å². The number of aromatic amines is 1. The number of amides is 1. The summed E-state index contributed by atoms with van der Waals surface area (Å²) in [6.45, 7) is 2.10. The first-order chi connectivity index (χ1) is 13.5. The number of nitrogens with zero attached hydrogens (tertiary/aromatic N) is 3. The van der Waals surface area contributed by atoms with Gasteiger partial charge in [0.25, 0.3) is 5.56 Å². The molecule has 142 valence electrons. The van der Waals surface area contributed by atoms with Crippen molar-refractivity contribution in [2.75, 3.05) is 0 Å². The molecule has 0 aliphatic heterocycles. The Kier molecular flexibility index (Phi) is 4.60. The van der Waals surface area contributed by atoms with Crippen molar-refractivity contribution >= 4 is 22.5 Å². The summed E-state index contributed by atoms with van der Waals surface area (Å²) < 4.78 is 15.4. The summed E-state index contributed by atoms with van der Waals surface area (Å²) >= 11 is 0. The van der Waals surface area contributed by atoms with E-state index in [-0.39, 0.29) is 35.3 Å². The van der Waals surface area contributed by atoms with Gasteiger partial charge in [-0.05, 0) is 43.2 Å². The monoisotopic (exact) mass is 379 g/mol. The quantitative estimate of drug-likeness (QED) is 0.556. The molecule has 2 N–H and O–H groups in total. The van der Waals surface area contributed by atoms with E-state index in [2.05, 4.69) is 20.4 Å². The zero-order valence-electron chi connectivity index (χ0n) is 15.2. The molecule has 3 aromatic heterocycles. The molecule has 0 unspecified atom stereocenters. The highest BCUT2D eigenvalue weighted by atomic mass is 19.1. The number of fused-ring (bicyclic) bond motifs is 3. The lowest BCUT2D eigenvalue weighted by Crippen LogP contribution is -2.26. The van der Waals surface area contributed by atoms with Gasteiger partial charge in [-0.1, -0.05) is 6.07 Å². The number of halogens is 1. The molecule has 0 atom stereocenters. The third kappa shape index (κ3) is 3.24. The van der Waals surface area contributed by atoms with Gasteiger partial charge in [0.1, 0.15) is 5.82 Å². The summed E-state index contributed by atoms with van der Waals surface area (Å²) in [4.78, 5) is 33.3. The van der Waals surface area contributed by atoms with Crippen molar-refractivity contribution in [2.24, 2.45) is 0 Å². The van der Waals surface area contributed by atoms with Crippen molar-refractivity contribution in [3.8, 4) is 0 Å². The predicted molar refractivity (Wildman–Crippen MR) is 102 cm³/mol. The van der Waals surface area contributed by atoms with Gasteiger partial charge < -0.3 is 5.32 Å². The molecule has 28 heavy (non-hydrogen) atoms. The number of H-pyrrole nitrogens is 1. The molecule has 0 saturated heterocycles. The van der Waals surface area contributed by atoms with Crippen LogP contribution in [0, 0.1) is 12.7 Å². The third-order valence-corrected chi connectivity index (χ3v) is 4.69. The number of aromatic nitrogens is 4. The molecule has 4 rings (SSSR count). The smallest absolute Gasteiger partial charge is 0.276 e. The molecule has 3 heterocycles. The van der Waals surface area contributed by atoms with Crippen molar-refractivity contribution in [1.82, 2.24) is 24.9 Å². The van der Waals surface area contributed by atoms with Crippen LogP contribution >= 0.6 is 0 Å². The maximum Gasteiger partial charge on any atom is 0.276 e. The summed E-state index contributed by atoms with van der Waals surface area (Å²) in [7, 11) is 0. The predicted octanol–water partition coefficient (Wildman–Crippen LogP) is 2.27. The summed E-state index contributed by atoms with van der Waals surface area (Å²) in [6, 6.07) is 8.24. The van der Waals surface area contributed by atoms with Gasteiger partial charge in [-0.15, -0.1) is 0 Å². The molecule has 1 amide bonds. The Labute approximate surface area is 159 Å². The average Bonchev–Trinajstić information content (AvgIpc) is 3.07. The van der Waals surface area contributed by atoms with E-state index >= 15 is 0 Å². The van der Waals surface area contributed by atoms with Crippen molar-refractivity contribution in [3.63, 3.8) is 0 Å². The van der Waals surface area contributed by atoms with Gasteiger partial charge in [0.15, 0.2) is 5.65 Å². The maximum absolute atomic E-state index is 14.2. The summed E-state index contributed by atoms with van der Waals surface area (Å²) in [5.41, 5.74) is 2.31. The molecule has 0 radical (unpaired) electrons. The number of nitrogens with one attached hydrogen (secondary N) is 2. The van der Waals surface area contributed by atoms with Crippen LogP contribution in [-0.4, -0.2) is 25.5 Å².